The zero-order chi connectivity index (χ0) is 11.5. The lowest BCUT2D eigenvalue weighted by molar-refractivity contribution is -0.689. The summed E-state index contributed by atoms with van der Waals surface area (Å²) in [4.78, 5) is 3.18. The van der Waals surface area contributed by atoms with Gasteiger partial charge >= 0.3 is 0 Å². The van der Waals surface area contributed by atoms with Crippen molar-refractivity contribution in [2.45, 2.75) is 26.0 Å². The number of H-pyrrole nitrogens is 1. The molecule has 0 radical (unpaired) electrons. The van der Waals surface area contributed by atoms with Crippen LogP contribution in [0.25, 0.3) is 10.9 Å². The van der Waals surface area contributed by atoms with Crippen molar-refractivity contribution in [3.8, 4) is 0 Å². The summed E-state index contributed by atoms with van der Waals surface area (Å²) in [6.07, 6.45) is 1.50. The fourth-order valence-electron chi connectivity index (χ4n) is 1.90. The zero-order valence-corrected chi connectivity index (χ0v) is 9.77. The number of aliphatic hydroxyl groups is 1. The number of benzene rings is 1. The van der Waals surface area contributed by atoms with Gasteiger partial charge in [-0.3, -0.25) is 0 Å². The van der Waals surface area contributed by atoms with Crippen LogP contribution in [0.3, 0.4) is 0 Å². The van der Waals surface area contributed by atoms with Crippen LogP contribution in [0.4, 0.5) is 0 Å². The number of aromatic amines is 1. The Labute approximate surface area is 95.5 Å². The summed E-state index contributed by atoms with van der Waals surface area (Å²) in [5.74, 6) is 0. The molecule has 1 heterocycles. The summed E-state index contributed by atoms with van der Waals surface area (Å²) in [5, 5.41) is 13.4. The monoisotopic (exact) mass is 219 g/mol. The van der Waals surface area contributed by atoms with E-state index >= 15 is 0 Å². The summed E-state index contributed by atoms with van der Waals surface area (Å²) in [6, 6.07) is 8.57. The van der Waals surface area contributed by atoms with Gasteiger partial charge in [0.1, 0.15) is 12.6 Å². The highest BCUT2D eigenvalue weighted by Crippen LogP contribution is 2.22. The van der Waals surface area contributed by atoms with Crippen LogP contribution in [0.1, 0.15) is 25.5 Å². The first-order valence-electron chi connectivity index (χ1n) is 5.76. The molecule has 0 spiro atoms. The van der Waals surface area contributed by atoms with Gasteiger partial charge in [-0.15, -0.1) is 0 Å². The molecular formula is C13H19N2O+. The predicted octanol–water partition coefficient (Wildman–Crippen LogP) is 1.17. The number of nitrogens with two attached hydrogens (primary N) is 1. The van der Waals surface area contributed by atoms with Gasteiger partial charge in [-0.05, 0) is 19.9 Å². The van der Waals surface area contributed by atoms with E-state index in [1.54, 1.807) is 0 Å². The molecule has 0 aliphatic rings. The van der Waals surface area contributed by atoms with Crippen LogP contribution in [0.5, 0.6) is 0 Å². The molecule has 1 aromatic carbocycles. The number of quaternary nitrogens is 1. The normalized spacial score (nSPS) is 13.5. The molecule has 1 aromatic heterocycles. The van der Waals surface area contributed by atoms with Gasteiger partial charge in [0, 0.05) is 22.7 Å². The number of aromatic nitrogens is 1. The maximum atomic E-state index is 10.1. The largest absolute Gasteiger partial charge is 0.382 e. The van der Waals surface area contributed by atoms with Crippen LogP contribution in [-0.2, 0) is 0 Å². The van der Waals surface area contributed by atoms with E-state index in [1.165, 1.54) is 0 Å². The second-order valence-corrected chi connectivity index (χ2v) is 4.52. The highest BCUT2D eigenvalue weighted by molar-refractivity contribution is 5.83. The van der Waals surface area contributed by atoms with Crippen molar-refractivity contribution >= 4 is 10.9 Å². The Hall–Kier alpha value is -1.32. The highest BCUT2D eigenvalue weighted by Gasteiger charge is 2.14. The smallest absolute Gasteiger partial charge is 0.130 e. The Morgan fingerprint density at radius 3 is 2.81 bits per heavy atom. The minimum atomic E-state index is -0.404. The van der Waals surface area contributed by atoms with Crippen LogP contribution in [0.2, 0.25) is 0 Å². The van der Waals surface area contributed by atoms with Crippen LogP contribution >= 0.6 is 0 Å². The average molecular weight is 219 g/mol. The Balaban J connectivity index is 2.19. The maximum absolute atomic E-state index is 10.1. The third-order valence-electron chi connectivity index (χ3n) is 2.81. The first-order valence-corrected chi connectivity index (χ1v) is 5.76. The van der Waals surface area contributed by atoms with Gasteiger partial charge in [0.05, 0.1) is 6.04 Å². The third kappa shape index (κ3) is 2.26. The molecule has 1 atom stereocenters. The van der Waals surface area contributed by atoms with E-state index < -0.39 is 6.10 Å². The van der Waals surface area contributed by atoms with Crippen molar-refractivity contribution in [1.82, 2.24) is 4.98 Å². The van der Waals surface area contributed by atoms with Crippen molar-refractivity contribution < 1.29 is 10.4 Å². The van der Waals surface area contributed by atoms with Gasteiger partial charge in [-0.1, -0.05) is 18.2 Å². The van der Waals surface area contributed by atoms with E-state index in [4.69, 9.17) is 0 Å². The molecule has 3 heteroatoms. The SMILES string of the molecule is CC(C)[NH2+]C[C@@H](O)c1c[nH]c2ccccc12. The number of hydrogen-bond acceptors (Lipinski definition) is 1. The first kappa shape index (κ1) is 11.2. The molecule has 0 saturated carbocycles. The fourth-order valence-corrected chi connectivity index (χ4v) is 1.90. The molecule has 2 aromatic rings. The third-order valence-corrected chi connectivity index (χ3v) is 2.81. The summed E-state index contributed by atoms with van der Waals surface area (Å²) < 4.78 is 0. The lowest BCUT2D eigenvalue weighted by Gasteiger charge is -2.10. The maximum Gasteiger partial charge on any atom is 0.130 e. The van der Waals surface area contributed by atoms with E-state index in [0.29, 0.717) is 12.6 Å². The van der Waals surface area contributed by atoms with Crippen molar-refractivity contribution in [1.29, 1.82) is 0 Å². The standard InChI is InChI=1S/C13H18N2O/c1-9(2)14-8-13(16)11-7-15-12-6-4-3-5-10(11)12/h3-7,9,13-16H,8H2,1-2H3/p+1/t13-/m1/s1. The molecule has 0 bridgehead atoms. The van der Waals surface area contributed by atoms with E-state index in [2.05, 4.69) is 24.1 Å². The lowest BCUT2D eigenvalue weighted by Crippen LogP contribution is -2.89. The minimum absolute atomic E-state index is 0.404. The average Bonchev–Trinajstić information content (AvgIpc) is 2.69. The summed E-state index contributed by atoms with van der Waals surface area (Å²) in [5.41, 5.74) is 2.08. The van der Waals surface area contributed by atoms with Gasteiger partial charge in [0.25, 0.3) is 0 Å². The molecule has 86 valence electrons. The van der Waals surface area contributed by atoms with Crippen LogP contribution in [-0.4, -0.2) is 22.7 Å². The Kier molecular flexibility index (Phi) is 3.27. The molecule has 0 amide bonds. The Morgan fingerprint density at radius 1 is 1.31 bits per heavy atom. The molecule has 3 nitrogen and oxygen atoms in total. The predicted molar refractivity (Wildman–Crippen MR) is 65.2 cm³/mol. The molecule has 0 unspecified atom stereocenters. The first-order chi connectivity index (χ1) is 7.68. The van der Waals surface area contributed by atoms with Crippen molar-refractivity contribution in [2.24, 2.45) is 0 Å². The topological polar surface area (TPSA) is 52.6 Å². The quantitative estimate of drug-likeness (QED) is 0.710. The number of rotatable bonds is 4. The van der Waals surface area contributed by atoms with Crippen molar-refractivity contribution in [3.05, 3.63) is 36.0 Å². The molecule has 0 saturated heterocycles. The Morgan fingerprint density at radius 2 is 2.06 bits per heavy atom. The van der Waals surface area contributed by atoms with E-state index in [1.807, 2.05) is 30.5 Å². The lowest BCUT2D eigenvalue weighted by atomic mass is 10.1. The number of nitrogens with one attached hydrogen (secondary N) is 1. The summed E-state index contributed by atoms with van der Waals surface area (Å²) >= 11 is 0. The fraction of sp³-hybridized carbons (Fsp3) is 0.385. The highest BCUT2D eigenvalue weighted by atomic mass is 16.3. The Bertz CT molecular complexity index is 462. The minimum Gasteiger partial charge on any atom is -0.382 e. The van der Waals surface area contributed by atoms with Crippen molar-refractivity contribution in [2.75, 3.05) is 6.54 Å². The molecule has 16 heavy (non-hydrogen) atoms. The van der Waals surface area contributed by atoms with E-state index in [-0.39, 0.29) is 0 Å². The van der Waals surface area contributed by atoms with E-state index in [0.717, 1.165) is 16.5 Å². The van der Waals surface area contributed by atoms with Crippen LogP contribution < -0.4 is 5.32 Å². The van der Waals surface area contributed by atoms with Gasteiger partial charge in [0.2, 0.25) is 0 Å². The molecule has 0 aliphatic heterocycles. The summed E-state index contributed by atoms with van der Waals surface area (Å²) in [7, 11) is 0. The van der Waals surface area contributed by atoms with E-state index in [9.17, 15) is 5.11 Å². The van der Waals surface area contributed by atoms with Gasteiger partial charge in [-0.2, -0.15) is 0 Å². The van der Waals surface area contributed by atoms with Gasteiger partial charge in [0.15, 0.2) is 0 Å². The van der Waals surface area contributed by atoms with Gasteiger partial charge < -0.3 is 15.4 Å². The second kappa shape index (κ2) is 4.68. The molecular weight excluding hydrogens is 200 g/mol. The molecule has 4 N–H and O–H groups in total. The van der Waals surface area contributed by atoms with Gasteiger partial charge in [-0.25, -0.2) is 0 Å². The zero-order valence-electron chi connectivity index (χ0n) is 9.77. The van der Waals surface area contributed by atoms with Crippen molar-refractivity contribution in [3.63, 3.8) is 0 Å². The summed E-state index contributed by atoms with van der Waals surface area (Å²) in [6.45, 7) is 4.96. The molecule has 0 fully saturated rings. The molecule has 2 rings (SSSR count). The number of fused-ring (bicyclic) bond motifs is 1. The number of para-hydroxylation sites is 1. The number of aliphatic hydroxyl groups excluding tert-OH is 1. The van der Waals surface area contributed by atoms with Crippen LogP contribution in [0, 0.1) is 0 Å². The second-order valence-electron chi connectivity index (χ2n) is 4.52. The van der Waals surface area contributed by atoms with Crippen LogP contribution in [0.15, 0.2) is 30.5 Å². The number of hydrogen-bond donors (Lipinski definition) is 3. The molecule has 0 aliphatic carbocycles.